The average molecular weight is 398 g/mol. The first-order valence-corrected chi connectivity index (χ1v) is 10.9. The van der Waals surface area contributed by atoms with Gasteiger partial charge >= 0.3 is 0 Å². The molecule has 1 amide bonds. The monoisotopic (exact) mass is 398 g/mol. The number of H-pyrrole nitrogens is 1. The van der Waals surface area contributed by atoms with Gasteiger partial charge in [-0.3, -0.25) is 14.4 Å². The topological polar surface area (TPSA) is 95.2 Å². The van der Waals surface area contributed by atoms with Gasteiger partial charge in [-0.05, 0) is 61.6 Å². The molecule has 0 radical (unpaired) electrons. The number of nitrogens with one attached hydrogen (secondary N) is 2. The normalized spacial score (nSPS) is 14.2. The number of benzene rings is 1. The Kier molecular flexibility index (Phi) is 4.58. The maximum Gasteiger partial charge on any atom is 0.232 e. The van der Waals surface area contributed by atoms with Gasteiger partial charge in [0.2, 0.25) is 16.4 Å². The fraction of sp³-hybridized carbons (Fsp3) is 0.300. The lowest BCUT2D eigenvalue weighted by atomic mass is 10.0. The van der Waals surface area contributed by atoms with E-state index in [0.29, 0.717) is 11.5 Å². The number of carbonyl (C=O) groups excluding carboxylic acids is 1. The number of nitrogens with zero attached hydrogens (tertiary/aromatic N) is 2. The standard InChI is InChI=1S/C20H22N4O3S/c1-3-28(26,27)23-15-6-4-14(5-7-15)17-10-18(24(12-25)16-8-9-16)22-20-19(17)13(2)11-21-20/h4-7,10-12,16,23H,3,8-9H2,1-2H3,(H,21,22). The second-order valence-corrected chi connectivity index (χ2v) is 9.06. The zero-order valence-corrected chi connectivity index (χ0v) is 16.6. The van der Waals surface area contributed by atoms with Crippen LogP contribution < -0.4 is 9.62 Å². The summed E-state index contributed by atoms with van der Waals surface area (Å²) in [6.45, 7) is 3.60. The highest BCUT2D eigenvalue weighted by atomic mass is 32.2. The highest BCUT2D eigenvalue weighted by Crippen LogP contribution is 2.36. The van der Waals surface area contributed by atoms with Gasteiger partial charge in [0.05, 0.1) is 5.75 Å². The molecule has 8 heteroatoms. The van der Waals surface area contributed by atoms with Gasteiger partial charge in [-0.1, -0.05) is 12.1 Å². The molecule has 28 heavy (non-hydrogen) atoms. The number of aryl methyl sites for hydroxylation is 1. The third kappa shape index (κ3) is 3.47. The Hall–Kier alpha value is -2.87. The van der Waals surface area contributed by atoms with Crippen molar-refractivity contribution >= 4 is 39.0 Å². The molecule has 0 atom stereocenters. The quantitative estimate of drug-likeness (QED) is 0.596. The van der Waals surface area contributed by atoms with E-state index in [-0.39, 0.29) is 11.8 Å². The van der Waals surface area contributed by atoms with Crippen molar-refractivity contribution in [1.29, 1.82) is 0 Å². The van der Waals surface area contributed by atoms with Gasteiger partial charge in [0.25, 0.3) is 0 Å². The molecule has 1 aromatic carbocycles. The van der Waals surface area contributed by atoms with Crippen molar-refractivity contribution in [2.45, 2.75) is 32.7 Å². The van der Waals surface area contributed by atoms with Crippen LogP contribution in [0.2, 0.25) is 0 Å². The van der Waals surface area contributed by atoms with Crippen molar-refractivity contribution in [3.8, 4) is 11.1 Å². The molecule has 0 spiro atoms. The second-order valence-electron chi connectivity index (χ2n) is 7.05. The number of anilines is 2. The van der Waals surface area contributed by atoms with E-state index in [2.05, 4.69) is 14.7 Å². The van der Waals surface area contributed by atoms with Crippen molar-refractivity contribution in [3.05, 3.63) is 42.1 Å². The zero-order chi connectivity index (χ0) is 19.9. The van der Waals surface area contributed by atoms with Gasteiger partial charge in [0, 0.05) is 23.3 Å². The summed E-state index contributed by atoms with van der Waals surface area (Å²) in [4.78, 5) is 21.1. The van der Waals surface area contributed by atoms with Crippen LogP contribution >= 0.6 is 0 Å². The Morgan fingerprint density at radius 1 is 1.29 bits per heavy atom. The van der Waals surface area contributed by atoms with E-state index in [1.54, 1.807) is 24.0 Å². The maximum atomic E-state index is 11.8. The number of aromatic amines is 1. The van der Waals surface area contributed by atoms with Crippen LogP contribution in [0.25, 0.3) is 22.2 Å². The molecule has 3 aromatic rings. The van der Waals surface area contributed by atoms with E-state index in [0.717, 1.165) is 47.0 Å². The number of rotatable bonds is 7. The molecule has 4 rings (SSSR count). The first-order valence-electron chi connectivity index (χ1n) is 9.25. The van der Waals surface area contributed by atoms with Crippen LogP contribution in [0.4, 0.5) is 11.5 Å². The van der Waals surface area contributed by atoms with Crippen LogP contribution in [0.5, 0.6) is 0 Å². The first-order chi connectivity index (χ1) is 13.4. The van der Waals surface area contributed by atoms with E-state index in [9.17, 15) is 13.2 Å². The van der Waals surface area contributed by atoms with Gasteiger partial charge in [-0.25, -0.2) is 13.4 Å². The van der Waals surface area contributed by atoms with E-state index in [1.165, 1.54) is 0 Å². The van der Waals surface area contributed by atoms with Crippen LogP contribution in [0, 0.1) is 6.92 Å². The maximum absolute atomic E-state index is 11.8. The minimum absolute atomic E-state index is 0.0222. The summed E-state index contributed by atoms with van der Waals surface area (Å²) in [6.07, 6.45) is 4.72. The van der Waals surface area contributed by atoms with Gasteiger partial charge in [0.1, 0.15) is 11.5 Å². The number of amides is 1. The summed E-state index contributed by atoms with van der Waals surface area (Å²) in [6, 6.07) is 9.39. The number of hydrogen-bond acceptors (Lipinski definition) is 4. The second kappa shape index (κ2) is 6.94. The van der Waals surface area contributed by atoms with E-state index < -0.39 is 10.0 Å². The molecule has 0 saturated heterocycles. The molecule has 0 unspecified atom stereocenters. The fourth-order valence-corrected chi connectivity index (χ4v) is 3.93. The largest absolute Gasteiger partial charge is 0.346 e. The number of fused-ring (bicyclic) bond motifs is 1. The van der Waals surface area contributed by atoms with Crippen molar-refractivity contribution < 1.29 is 13.2 Å². The lowest BCUT2D eigenvalue weighted by Crippen LogP contribution is -2.24. The third-order valence-corrected chi connectivity index (χ3v) is 6.30. The predicted molar refractivity (Wildman–Crippen MR) is 111 cm³/mol. The Balaban J connectivity index is 1.78. The summed E-state index contributed by atoms with van der Waals surface area (Å²) < 4.78 is 26.1. The summed E-state index contributed by atoms with van der Waals surface area (Å²) in [5.74, 6) is 0.645. The average Bonchev–Trinajstić information content (AvgIpc) is 3.45. The molecule has 0 aliphatic heterocycles. The Bertz CT molecular complexity index is 1130. The lowest BCUT2D eigenvalue weighted by Gasteiger charge is -2.17. The van der Waals surface area contributed by atoms with Crippen molar-refractivity contribution in [3.63, 3.8) is 0 Å². The van der Waals surface area contributed by atoms with E-state index >= 15 is 0 Å². The summed E-state index contributed by atoms with van der Waals surface area (Å²) in [5, 5.41) is 0.993. The van der Waals surface area contributed by atoms with E-state index in [1.807, 2.05) is 31.3 Å². The minimum atomic E-state index is -3.32. The van der Waals surface area contributed by atoms with Crippen LogP contribution in [-0.2, 0) is 14.8 Å². The molecule has 146 valence electrons. The van der Waals surface area contributed by atoms with Crippen molar-refractivity contribution in [2.75, 3.05) is 15.4 Å². The Morgan fingerprint density at radius 2 is 2.00 bits per heavy atom. The number of sulfonamides is 1. The van der Waals surface area contributed by atoms with Gasteiger partial charge in [-0.15, -0.1) is 0 Å². The molecule has 1 saturated carbocycles. The molecule has 7 nitrogen and oxygen atoms in total. The number of hydrogen-bond donors (Lipinski definition) is 2. The molecule has 0 bridgehead atoms. The highest BCUT2D eigenvalue weighted by Gasteiger charge is 2.30. The highest BCUT2D eigenvalue weighted by molar-refractivity contribution is 7.92. The molecular weight excluding hydrogens is 376 g/mol. The summed E-state index contributed by atoms with van der Waals surface area (Å²) in [7, 11) is -3.32. The Morgan fingerprint density at radius 3 is 2.61 bits per heavy atom. The minimum Gasteiger partial charge on any atom is -0.346 e. The predicted octanol–water partition coefficient (Wildman–Crippen LogP) is 3.43. The van der Waals surface area contributed by atoms with Crippen molar-refractivity contribution in [2.24, 2.45) is 0 Å². The number of pyridine rings is 1. The SMILES string of the molecule is CCS(=O)(=O)Nc1ccc(-c2cc(N(C=O)C3CC3)nc3[nH]cc(C)c23)cc1. The molecule has 2 aromatic heterocycles. The van der Waals surface area contributed by atoms with Gasteiger partial charge in [-0.2, -0.15) is 0 Å². The molecule has 1 fully saturated rings. The Labute approximate surface area is 163 Å². The van der Waals surface area contributed by atoms with Crippen LogP contribution in [0.1, 0.15) is 25.3 Å². The lowest BCUT2D eigenvalue weighted by molar-refractivity contribution is -0.107. The summed E-state index contributed by atoms with van der Waals surface area (Å²) in [5.41, 5.74) is 4.19. The van der Waals surface area contributed by atoms with Crippen LogP contribution in [-0.4, -0.2) is 36.6 Å². The van der Waals surface area contributed by atoms with Crippen LogP contribution in [0.3, 0.4) is 0 Å². The zero-order valence-electron chi connectivity index (χ0n) is 15.8. The van der Waals surface area contributed by atoms with Crippen LogP contribution in [0.15, 0.2) is 36.5 Å². The van der Waals surface area contributed by atoms with Gasteiger partial charge in [0.15, 0.2) is 0 Å². The fourth-order valence-electron chi connectivity index (χ4n) is 3.29. The first kappa shape index (κ1) is 18.5. The molecular formula is C20H22N4O3S. The van der Waals surface area contributed by atoms with Crippen molar-refractivity contribution in [1.82, 2.24) is 9.97 Å². The number of aromatic nitrogens is 2. The van der Waals surface area contributed by atoms with E-state index in [4.69, 9.17) is 0 Å². The summed E-state index contributed by atoms with van der Waals surface area (Å²) >= 11 is 0. The van der Waals surface area contributed by atoms with Gasteiger partial charge < -0.3 is 4.98 Å². The molecule has 2 N–H and O–H groups in total. The molecule has 1 aliphatic rings. The third-order valence-electron chi connectivity index (χ3n) is 4.99. The number of carbonyl (C=O) groups is 1. The molecule has 2 heterocycles. The smallest absolute Gasteiger partial charge is 0.232 e. The molecule has 1 aliphatic carbocycles.